The smallest absolute Gasteiger partial charge is 0.461 e. The van der Waals surface area contributed by atoms with Crippen molar-refractivity contribution in [3.63, 3.8) is 0 Å². The van der Waals surface area contributed by atoms with Crippen LogP contribution in [0.25, 0.3) is 0 Å². The standard InChI is InChI=1S/C28H19ClF5O2P/c29-20-16-18-21(19-17-20)36-26(25(35)27(30,31)28(32,33)34)37(22-10-4-1-5-11-22,23-12-6-2-7-13-23)24-14-8-3-9-15-24/h1-19H/p+1/b26-25-. The number of ether oxygens (including phenoxy) is 1. The van der Waals surface area contributed by atoms with Crippen LogP contribution in [0.1, 0.15) is 0 Å². The Morgan fingerprint density at radius 2 is 1.00 bits per heavy atom. The van der Waals surface area contributed by atoms with Crippen molar-refractivity contribution in [2.45, 2.75) is 12.1 Å². The summed E-state index contributed by atoms with van der Waals surface area (Å²) in [5.74, 6) is -7.88. The molecule has 0 saturated carbocycles. The van der Waals surface area contributed by atoms with E-state index in [0.29, 0.717) is 20.9 Å². The van der Waals surface area contributed by atoms with Crippen LogP contribution in [0.4, 0.5) is 22.0 Å². The summed E-state index contributed by atoms with van der Waals surface area (Å²) in [4.78, 5) is 0. The lowest BCUT2D eigenvalue weighted by atomic mass is 10.3. The molecule has 0 aliphatic rings. The van der Waals surface area contributed by atoms with Crippen LogP contribution in [0, 0.1) is 0 Å². The minimum atomic E-state index is -6.08. The predicted octanol–water partition coefficient (Wildman–Crippen LogP) is 7.64. The number of alkyl halides is 5. The molecule has 4 aromatic rings. The zero-order valence-electron chi connectivity index (χ0n) is 19.0. The largest absolute Gasteiger partial charge is 0.501 e. The maximum Gasteiger partial charge on any atom is 0.461 e. The van der Waals surface area contributed by atoms with Gasteiger partial charge in [0.05, 0.1) is 0 Å². The van der Waals surface area contributed by atoms with Gasteiger partial charge in [-0.2, -0.15) is 22.0 Å². The average molecular weight is 550 g/mol. The van der Waals surface area contributed by atoms with Gasteiger partial charge in [0.2, 0.25) is 0 Å². The molecule has 0 saturated heterocycles. The first-order valence-electron chi connectivity index (χ1n) is 11.0. The lowest BCUT2D eigenvalue weighted by Crippen LogP contribution is -2.42. The molecule has 0 bridgehead atoms. The fraction of sp³-hybridized carbons (Fsp3) is 0.0714. The Labute approximate surface area is 215 Å². The van der Waals surface area contributed by atoms with E-state index in [9.17, 15) is 27.1 Å². The lowest BCUT2D eigenvalue weighted by Gasteiger charge is -2.30. The number of benzene rings is 4. The highest BCUT2D eigenvalue weighted by molar-refractivity contribution is 7.98. The molecule has 0 amide bonds. The summed E-state index contributed by atoms with van der Waals surface area (Å²) in [6, 6.07) is 30.2. The molecule has 1 N–H and O–H groups in total. The van der Waals surface area contributed by atoms with Crippen molar-refractivity contribution >= 4 is 34.8 Å². The third-order valence-corrected chi connectivity index (χ3v) is 10.0. The summed E-state index contributed by atoms with van der Waals surface area (Å²) in [5.41, 5.74) is -0.888. The van der Waals surface area contributed by atoms with Crippen molar-refractivity contribution in [2.75, 3.05) is 0 Å². The molecule has 190 valence electrons. The molecule has 4 aromatic carbocycles. The van der Waals surface area contributed by atoms with Gasteiger partial charge in [0.15, 0.2) is 7.26 Å². The number of hydrogen-bond donors (Lipinski definition) is 1. The first-order valence-corrected chi connectivity index (χ1v) is 13.1. The van der Waals surface area contributed by atoms with Gasteiger partial charge in [-0.25, -0.2) is 0 Å². The molecule has 9 heteroatoms. The van der Waals surface area contributed by atoms with E-state index < -0.39 is 30.6 Å². The number of halogens is 6. The highest BCUT2D eigenvalue weighted by atomic mass is 35.5. The maximum atomic E-state index is 14.9. The highest BCUT2D eigenvalue weighted by Gasteiger charge is 2.66. The van der Waals surface area contributed by atoms with E-state index in [4.69, 9.17) is 16.3 Å². The van der Waals surface area contributed by atoms with E-state index in [1.807, 2.05) is 0 Å². The third-order valence-electron chi connectivity index (χ3n) is 5.62. The van der Waals surface area contributed by atoms with Crippen molar-refractivity contribution < 1.29 is 31.8 Å². The Balaban J connectivity index is 2.19. The van der Waals surface area contributed by atoms with Crippen molar-refractivity contribution in [3.05, 3.63) is 132 Å². The summed E-state index contributed by atoms with van der Waals surface area (Å²) < 4.78 is 76.6. The Hall–Kier alpha value is -3.41. The molecule has 0 fully saturated rings. The van der Waals surface area contributed by atoms with E-state index in [-0.39, 0.29) is 5.75 Å². The van der Waals surface area contributed by atoms with Gasteiger partial charge in [-0.3, -0.25) is 0 Å². The Morgan fingerprint density at radius 1 is 0.622 bits per heavy atom. The third kappa shape index (κ3) is 5.07. The van der Waals surface area contributed by atoms with E-state index in [0.717, 1.165) is 0 Å². The fourth-order valence-corrected chi connectivity index (χ4v) is 8.19. The Morgan fingerprint density at radius 3 is 1.35 bits per heavy atom. The molecule has 0 radical (unpaired) electrons. The predicted molar refractivity (Wildman–Crippen MR) is 138 cm³/mol. The minimum Gasteiger partial charge on any atom is -0.501 e. The van der Waals surface area contributed by atoms with Crippen LogP contribution >= 0.6 is 18.9 Å². The number of allylic oxidation sites excluding steroid dienone is 1. The van der Waals surface area contributed by atoms with Crippen LogP contribution in [-0.4, -0.2) is 17.2 Å². The van der Waals surface area contributed by atoms with E-state index in [2.05, 4.69) is 0 Å². The van der Waals surface area contributed by atoms with Gasteiger partial charge in [0, 0.05) is 5.02 Å². The van der Waals surface area contributed by atoms with Crippen molar-refractivity contribution in [3.8, 4) is 5.75 Å². The van der Waals surface area contributed by atoms with Crippen LogP contribution in [-0.2, 0) is 0 Å². The van der Waals surface area contributed by atoms with Gasteiger partial charge < -0.3 is 9.84 Å². The molecular weight excluding hydrogens is 530 g/mol. The van der Waals surface area contributed by atoms with E-state index in [1.165, 1.54) is 24.3 Å². The molecule has 37 heavy (non-hydrogen) atoms. The molecule has 4 rings (SSSR count). The molecule has 0 unspecified atom stereocenters. The second kappa shape index (κ2) is 10.5. The van der Waals surface area contributed by atoms with Crippen LogP contribution in [0.15, 0.2) is 127 Å². The molecule has 0 atom stereocenters. The average Bonchev–Trinajstić information content (AvgIpc) is 2.90. The molecule has 0 aliphatic carbocycles. The highest BCUT2D eigenvalue weighted by Crippen LogP contribution is 2.65. The number of aliphatic hydroxyl groups is 1. The Kier molecular flexibility index (Phi) is 7.58. The normalized spacial score (nSPS) is 13.1. The van der Waals surface area contributed by atoms with E-state index in [1.54, 1.807) is 91.0 Å². The van der Waals surface area contributed by atoms with Crippen molar-refractivity contribution in [1.82, 2.24) is 0 Å². The number of hydrogen-bond acceptors (Lipinski definition) is 2. The lowest BCUT2D eigenvalue weighted by molar-refractivity contribution is -0.275. The number of aliphatic hydroxyl groups excluding tert-OH is 1. The molecular formula is C28H20ClF5O2P+. The van der Waals surface area contributed by atoms with Crippen molar-refractivity contribution in [1.29, 1.82) is 0 Å². The van der Waals surface area contributed by atoms with Crippen LogP contribution in [0.5, 0.6) is 5.75 Å². The summed E-state index contributed by atoms with van der Waals surface area (Å²) >= 11 is 5.94. The van der Waals surface area contributed by atoms with Crippen LogP contribution in [0.3, 0.4) is 0 Å². The zero-order chi connectivity index (χ0) is 26.7. The Bertz CT molecular complexity index is 1260. The second-order valence-electron chi connectivity index (χ2n) is 7.96. The fourth-order valence-electron chi connectivity index (χ4n) is 3.91. The zero-order valence-corrected chi connectivity index (χ0v) is 20.7. The summed E-state index contributed by atoms with van der Waals surface area (Å²) in [6.07, 6.45) is -6.08. The molecule has 2 nitrogen and oxygen atoms in total. The minimum absolute atomic E-state index is 0.0731. The van der Waals surface area contributed by atoms with Gasteiger partial charge in [-0.15, -0.1) is 0 Å². The van der Waals surface area contributed by atoms with E-state index >= 15 is 0 Å². The quantitative estimate of drug-likeness (QED) is 0.146. The molecule has 0 heterocycles. The summed E-state index contributed by atoms with van der Waals surface area (Å²) in [6.45, 7) is 0. The van der Waals surface area contributed by atoms with Crippen molar-refractivity contribution in [2.24, 2.45) is 0 Å². The molecule has 0 aromatic heterocycles. The van der Waals surface area contributed by atoms with Gasteiger partial charge in [0.1, 0.15) is 21.7 Å². The molecule has 0 aliphatic heterocycles. The van der Waals surface area contributed by atoms with Gasteiger partial charge >= 0.3 is 17.6 Å². The molecule has 0 spiro atoms. The SMILES string of the molecule is O/C(=C(/Oc1ccc(Cl)cc1)[P+](c1ccccc1)(c1ccccc1)c1ccccc1)C(F)(F)C(F)(F)F. The summed E-state index contributed by atoms with van der Waals surface area (Å²) in [7, 11) is -3.67. The van der Waals surface area contributed by atoms with Crippen LogP contribution in [0.2, 0.25) is 5.02 Å². The van der Waals surface area contributed by atoms with Gasteiger partial charge in [0.25, 0.3) is 5.76 Å². The van der Waals surface area contributed by atoms with Gasteiger partial charge in [-0.05, 0) is 60.7 Å². The first-order chi connectivity index (χ1) is 17.6. The van der Waals surface area contributed by atoms with Gasteiger partial charge in [-0.1, -0.05) is 66.2 Å². The topological polar surface area (TPSA) is 29.5 Å². The summed E-state index contributed by atoms with van der Waals surface area (Å²) in [5, 5.41) is 12.4. The van der Waals surface area contributed by atoms with Crippen LogP contribution < -0.4 is 20.7 Å². The second-order valence-corrected chi connectivity index (χ2v) is 11.7. The first kappa shape index (κ1) is 26.6. The maximum absolute atomic E-state index is 14.9. The monoisotopic (exact) mass is 549 g/mol. The number of rotatable bonds is 7.